The van der Waals surface area contributed by atoms with E-state index in [1.165, 1.54) is 6.07 Å². The van der Waals surface area contributed by atoms with Crippen molar-refractivity contribution in [3.05, 3.63) is 22.7 Å². The van der Waals surface area contributed by atoms with Gasteiger partial charge in [-0.1, -0.05) is 6.92 Å². The standard InChI is InChI=1S/C14H22BrN3O2S/c1-14(5-7-18(2)8-6-14)10-17-21(19,20)13-9-11(16)3-4-12(13)15/h3-4,9,17H,5-8,10,16H2,1-2H3. The van der Waals surface area contributed by atoms with Crippen molar-refractivity contribution in [3.8, 4) is 0 Å². The van der Waals surface area contributed by atoms with Crippen LogP contribution in [0.1, 0.15) is 19.8 Å². The molecule has 1 aromatic rings. The summed E-state index contributed by atoms with van der Waals surface area (Å²) in [6.45, 7) is 4.59. The van der Waals surface area contributed by atoms with Crippen LogP contribution in [0, 0.1) is 5.41 Å². The van der Waals surface area contributed by atoms with E-state index in [4.69, 9.17) is 5.73 Å². The third-order valence-corrected chi connectivity index (χ3v) is 6.52. The largest absolute Gasteiger partial charge is 0.399 e. The predicted molar refractivity (Wildman–Crippen MR) is 88.6 cm³/mol. The number of benzene rings is 1. The fourth-order valence-electron chi connectivity index (χ4n) is 2.41. The van der Waals surface area contributed by atoms with E-state index in [1.807, 2.05) is 0 Å². The number of anilines is 1. The maximum atomic E-state index is 12.4. The first-order chi connectivity index (χ1) is 9.72. The molecule has 1 aliphatic rings. The number of nitrogen functional groups attached to an aromatic ring is 1. The minimum atomic E-state index is -3.55. The second-order valence-corrected chi connectivity index (χ2v) is 8.72. The van der Waals surface area contributed by atoms with Crippen molar-refractivity contribution in [2.45, 2.75) is 24.7 Å². The van der Waals surface area contributed by atoms with Crippen LogP contribution in [-0.4, -0.2) is 40.0 Å². The van der Waals surface area contributed by atoms with E-state index in [9.17, 15) is 8.42 Å². The lowest BCUT2D eigenvalue weighted by Gasteiger charge is -2.37. The Morgan fingerprint density at radius 1 is 1.38 bits per heavy atom. The number of nitrogens with two attached hydrogens (primary N) is 1. The van der Waals surface area contributed by atoms with Gasteiger partial charge in [0.25, 0.3) is 0 Å². The summed E-state index contributed by atoms with van der Waals surface area (Å²) in [4.78, 5) is 2.46. The van der Waals surface area contributed by atoms with Gasteiger partial charge in [-0.2, -0.15) is 0 Å². The maximum Gasteiger partial charge on any atom is 0.241 e. The molecule has 0 spiro atoms. The number of hydrogen-bond acceptors (Lipinski definition) is 4. The van der Waals surface area contributed by atoms with Gasteiger partial charge in [0, 0.05) is 16.7 Å². The Balaban J connectivity index is 2.09. The average Bonchev–Trinajstić information content (AvgIpc) is 2.43. The topological polar surface area (TPSA) is 75.4 Å². The molecule has 7 heteroatoms. The van der Waals surface area contributed by atoms with E-state index in [-0.39, 0.29) is 10.3 Å². The zero-order chi connectivity index (χ0) is 15.7. The van der Waals surface area contributed by atoms with E-state index < -0.39 is 10.0 Å². The van der Waals surface area contributed by atoms with E-state index in [0.717, 1.165) is 25.9 Å². The molecule has 1 fully saturated rings. The molecular formula is C14H22BrN3O2S. The van der Waals surface area contributed by atoms with Gasteiger partial charge < -0.3 is 10.6 Å². The molecular weight excluding hydrogens is 354 g/mol. The van der Waals surface area contributed by atoms with Crippen LogP contribution in [0.5, 0.6) is 0 Å². The maximum absolute atomic E-state index is 12.4. The first-order valence-electron chi connectivity index (χ1n) is 6.95. The number of likely N-dealkylation sites (tertiary alicyclic amines) is 1. The molecule has 1 aromatic carbocycles. The summed E-state index contributed by atoms with van der Waals surface area (Å²) in [5.41, 5.74) is 6.13. The summed E-state index contributed by atoms with van der Waals surface area (Å²) in [5, 5.41) is 0. The smallest absolute Gasteiger partial charge is 0.241 e. The van der Waals surface area contributed by atoms with Crippen LogP contribution >= 0.6 is 15.9 Å². The second kappa shape index (κ2) is 6.24. The van der Waals surface area contributed by atoms with Crippen LogP contribution in [-0.2, 0) is 10.0 Å². The number of rotatable bonds is 4. The Bertz CT molecular complexity index is 611. The number of hydrogen-bond donors (Lipinski definition) is 2. The number of halogens is 1. The highest BCUT2D eigenvalue weighted by Gasteiger charge is 2.30. The molecule has 0 aromatic heterocycles. The number of sulfonamides is 1. The molecule has 0 aliphatic carbocycles. The first kappa shape index (κ1) is 16.7. The van der Waals surface area contributed by atoms with Crippen molar-refractivity contribution in [2.24, 2.45) is 5.41 Å². The van der Waals surface area contributed by atoms with Crippen LogP contribution in [0.4, 0.5) is 5.69 Å². The zero-order valence-electron chi connectivity index (χ0n) is 12.4. The Morgan fingerprint density at radius 2 is 2.00 bits per heavy atom. The monoisotopic (exact) mass is 375 g/mol. The van der Waals surface area contributed by atoms with E-state index in [2.05, 4.69) is 39.5 Å². The van der Waals surface area contributed by atoms with Gasteiger partial charge in [-0.15, -0.1) is 0 Å². The summed E-state index contributed by atoms with van der Waals surface area (Å²) < 4.78 is 28.2. The lowest BCUT2D eigenvalue weighted by molar-refractivity contribution is 0.143. The van der Waals surface area contributed by atoms with Crippen molar-refractivity contribution in [2.75, 3.05) is 32.4 Å². The van der Waals surface area contributed by atoms with Gasteiger partial charge in [0.05, 0.1) is 4.90 Å². The molecule has 0 saturated carbocycles. The molecule has 0 radical (unpaired) electrons. The van der Waals surface area contributed by atoms with Crippen molar-refractivity contribution < 1.29 is 8.42 Å². The molecule has 1 aliphatic heterocycles. The minimum Gasteiger partial charge on any atom is -0.399 e. The van der Waals surface area contributed by atoms with E-state index >= 15 is 0 Å². The predicted octanol–water partition coefficient (Wildman–Crippen LogP) is 2.04. The summed E-state index contributed by atoms with van der Waals surface area (Å²) >= 11 is 3.27. The van der Waals surface area contributed by atoms with Crippen LogP contribution in [0.15, 0.2) is 27.6 Å². The Kier molecular flexibility index (Phi) is 4.97. The van der Waals surface area contributed by atoms with Gasteiger partial charge in [0.2, 0.25) is 10.0 Å². The molecule has 0 unspecified atom stereocenters. The zero-order valence-corrected chi connectivity index (χ0v) is 14.8. The molecule has 1 heterocycles. The molecule has 3 N–H and O–H groups in total. The normalized spacial score (nSPS) is 19.6. The highest BCUT2D eigenvalue weighted by Crippen LogP contribution is 2.30. The quantitative estimate of drug-likeness (QED) is 0.789. The Hall–Kier alpha value is -0.630. The second-order valence-electron chi connectivity index (χ2n) is 6.13. The van der Waals surface area contributed by atoms with Gasteiger partial charge in [-0.05, 0) is 72.5 Å². The minimum absolute atomic E-state index is 0.00633. The van der Waals surface area contributed by atoms with E-state index in [1.54, 1.807) is 12.1 Å². The van der Waals surface area contributed by atoms with Crippen molar-refractivity contribution in [1.29, 1.82) is 0 Å². The lowest BCUT2D eigenvalue weighted by atomic mass is 9.81. The van der Waals surface area contributed by atoms with Gasteiger partial charge in [-0.3, -0.25) is 0 Å². The van der Waals surface area contributed by atoms with Crippen LogP contribution < -0.4 is 10.5 Å². The number of piperidine rings is 1. The molecule has 118 valence electrons. The molecule has 0 bridgehead atoms. The fraction of sp³-hybridized carbons (Fsp3) is 0.571. The molecule has 5 nitrogen and oxygen atoms in total. The number of nitrogens with zero attached hydrogens (tertiary/aromatic N) is 1. The molecule has 2 rings (SSSR count). The summed E-state index contributed by atoms with van der Waals surface area (Å²) in [6.07, 6.45) is 1.98. The van der Waals surface area contributed by atoms with Gasteiger partial charge in [0.1, 0.15) is 0 Å². The molecule has 1 saturated heterocycles. The third-order valence-electron chi connectivity index (χ3n) is 4.13. The lowest BCUT2D eigenvalue weighted by Crippen LogP contribution is -2.43. The average molecular weight is 376 g/mol. The van der Waals surface area contributed by atoms with Gasteiger partial charge in [0.15, 0.2) is 0 Å². The van der Waals surface area contributed by atoms with Crippen molar-refractivity contribution in [3.63, 3.8) is 0 Å². The Morgan fingerprint density at radius 3 is 2.62 bits per heavy atom. The highest BCUT2D eigenvalue weighted by molar-refractivity contribution is 9.10. The van der Waals surface area contributed by atoms with E-state index in [0.29, 0.717) is 16.7 Å². The fourth-order valence-corrected chi connectivity index (χ4v) is 4.60. The molecule has 0 amide bonds. The Labute approximate surface area is 135 Å². The van der Waals surface area contributed by atoms with Gasteiger partial charge in [-0.25, -0.2) is 13.1 Å². The highest BCUT2D eigenvalue weighted by atomic mass is 79.9. The molecule has 21 heavy (non-hydrogen) atoms. The van der Waals surface area contributed by atoms with Crippen LogP contribution in [0.3, 0.4) is 0 Å². The summed E-state index contributed by atoms with van der Waals surface area (Å²) in [5.74, 6) is 0. The SMILES string of the molecule is CN1CCC(C)(CNS(=O)(=O)c2cc(N)ccc2Br)CC1. The van der Waals surface area contributed by atoms with Crippen LogP contribution in [0.25, 0.3) is 0 Å². The van der Waals surface area contributed by atoms with Crippen molar-refractivity contribution in [1.82, 2.24) is 9.62 Å². The van der Waals surface area contributed by atoms with Crippen molar-refractivity contribution >= 4 is 31.6 Å². The number of nitrogens with one attached hydrogen (secondary N) is 1. The first-order valence-corrected chi connectivity index (χ1v) is 9.23. The summed E-state index contributed by atoms with van der Waals surface area (Å²) in [7, 11) is -1.46. The van der Waals surface area contributed by atoms with Gasteiger partial charge >= 0.3 is 0 Å². The summed E-state index contributed by atoms with van der Waals surface area (Å²) in [6, 6.07) is 4.80. The third kappa shape index (κ3) is 4.18. The van der Waals surface area contributed by atoms with Crippen LogP contribution in [0.2, 0.25) is 0 Å². The molecule has 0 atom stereocenters.